The van der Waals surface area contributed by atoms with Crippen LogP contribution >= 0.6 is 11.6 Å². The van der Waals surface area contributed by atoms with Gasteiger partial charge in [0.1, 0.15) is 5.71 Å². The van der Waals surface area contributed by atoms with E-state index < -0.39 is 22.6 Å². The van der Waals surface area contributed by atoms with Crippen LogP contribution < -0.4 is 4.31 Å². The summed E-state index contributed by atoms with van der Waals surface area (Å²) in [5.41, 5.74) is 1.40. The summed E-state index contributed by atoms with van der Waals surface area (Å²) >= 11 is 5.98. The molecule has 3 rings (SSSR count). The van der Waals surface area contributed by atoms with Crippen molar-refractivity contribution in [3.63, 3.8) is 0 Å². The quantitative estimate of drug-likeness (QED) is 0.824. The number of para-hydroxylation sites is 1. The Bertz CT molecular complexity index is 988. The van der Waals surface area contributed by atoms with Crippen LogP contribution in [0.15, 0.2) is 52.5 Å². The zero-order chi connectivity index (χ0) is 18.2. The predicted molar refractivity (Wildman–Crippen MR) is 92.7 cm³/mol. The van der Waals surface area contributed by atoms with Gasteiger partial charge in [0.05, 0.1) is 10.6 Å². The maximum Gasteiger partial charge on any atom is 0.344 e. The highest BCUT2D eigenvalue weighted by Crippen LogP contribution is 2.35. The third kappa shape index (κ3) is 3.06. The second-order valence-corrected chi connectivity index (χ2v) is 7.61. The van der Waals surface area contributed by atoms with E-state index in [1.165, 1.54) is 25.2 Å². The molecule has 2 aromatic carbocycles. The first-order chi connectivity index (χ1) is 11.8. The van der Waals surface area contributed by atoms with Gasteiger partial charge in [-0.25, -0.2) is 13.2 Å². The van der Waals surface area contributed by atoms with Gasteiger partial charge in [0.2, 0.25) is 6.61 Å². The molecule has 0 saturated carbocycles. The van der Waals surface area contributed by atoms with E-state index in [9.17, 15) is 13.2 Å². The SMILES string of the molecule is CN1c2ccccc2/C(=N\OCC(=O)O)c2ccc(Cl)cc2S1(=O)=O. The van der Waals surface area contributed by atoms with Gasteiger partial charge in [-0.2, -0.15) is 0 Å². The number of oxime groups is 1. The molecule has 0 aromatic heterocycles. The van der Waals surface area contributed by atoms with Gasteiger partial charge >= 0.3 is 5.97 Å². The van der Waals surface area contributed by atoms with Crippen LogP contribution in [0.5, 0.6) is 0 Å². The van der Waals surface area contributed by atoms with Gasteiger partial charge in [0, 0.05) is 23.2 Å². The van der Waals surface area contributed by atoms with Crippen LogP contribution in [0.3, 0.4) is 0 Å². The molecule has 1 heterocycles. The number of sulfonamides is 1. The average Bonchev–Trinajstić information content (AvgIpc) is 2.63. The number of hydrogen-bond acceptors (Lipinski definition) is 5. The van der Waals surface area contributed by atoms with Gasteiger partial charge in [-0.3, -0.25) is 4.31 Å². The van der Waals surface area contributed by atoms with Crippen molar-refractivity contribution in [2.75, 3.05) is 18.0 Å². The van der Waals surface area contributed by atoms with Gasteiger partial charge in [-0.1, -0.05) is 35.0 Å². The molecule has 130 valence electrons. The van der Waals surface area contributed by atoms with E-state index in [2.05, 4.69) is 5.16 Å². The second-order valence-electron chi connectivity index (χ2n) is 5.24. The molecule has 0 unspecified atom stereocenters. The zero-order valence-corrected chi connectivity index (χ0v) is 14.6. The number of carboxylic acids is 1. The number of benzene rings is 2. The number of rotatable bonds is 3. The first-order valence-corrected chi connectivity index (χ1v) is 8.94. The van der Waals surface area contributed by atoms with Crippen LogP contribution in [0, 0.1) is 0 Å². The maximum atomic E-state index is 12.9. The molecular formula is C16H13ClN2O5S. The Morgan fingerprint density at radius 3 is 2.68 bits per heavy atom. The highest BCUT2D eigenvalue weighted by molar-refractivity contribution is 7.93. The van der Waals surface area contributed by atoms with E-state index in [0.29, 0.717) is 11.3 Å². The molecule has 0 fully saturated rings. The first-order valence-electron chi connectivity index (χ1n) is 7.12. The highest BCUT2D eigenvalue weighted by Gasteiger charge is 2.33. The first kappa shape index (κ1) is 17.2. The van der Waals surface area contributed by atoms with Crippen molar-refractivity contribution in [2.24, 2.45) is 5.16 Å². The fourth-order valence-electron chi connectivity index (χ4n) is 2.53. The van der Waals surface area contributed by atoms with Crippen LogP contribution in [0.2, 0.25) is 5.02 Å². The second kappa shape index (κ2) is 6.38. The fraction of sp³-hybridized carbons (Fsp3) is 0.125. The number of carbonyl (C=O) groups is 1. The Kier molecular flexibility index (Phi) is 4.40. The molecule has 9 heteroatoms. The molecule has 0 spiro atoms. The smallest absolute Gasteiger partial charge is 0.344 e. The number of hydrogen-bond donors (Lipinski definition) is 1. The summed E-state index contributed by atoms with van der Waals surface area (Å²) in [6.07, 6.45) is 0. The van der Waals surface area contributed by atoms with Gasteiger partial charge in [0.25, 0.3) is 10.0 Å². The van der Waals surface area contributed by atoms with Gasteiger partial charge in [0.15, 0.2) is 0 Å². The summed E-state index contributed by atoms with van der Waals surface area (Å²) < 4.78 is 27.0. The summed E-state index contributed by atoms with van der Waals surface area (Å²) in [5, 5.41) is 12.9. The summed E-state index contributed by atoms with van der Waals surface area (Å²) in [7, 11) is -2.44. The minimum atomic E-state index is -3.87. The molecule has 0 radical (unpaired) electrons. The molecule has 25 heavy (non-hydrogen) atoms. The molecule has 1 aliphatic rings. The summed E-state index contributed by atoms with van der Waals surface area (Å²) in [4.78, 5) is 15.5. The van der Waals surface area contributed by atoms with Crippen molar-refractivity contribution in [1.82, 2.24) is 0 Å². The molecule has 0 saturated heterocycles. The lowest BCUT2D eigenvalue weighted by Crippen LogP contribution is -2.26. The number of anilines is 1. The van der Waals surface area contributed by atoms with Gasteiger partial charge in [-0.15, -0.1) is 0 Å². The van der Waals surface area contributed by atoms with Crippen LogP contribution in [0.4, 0.5) is 5.69 Å². The fourth-order valence-corrected chi connectivity index (χ4v) is 4.19. The summed E-state index contributed by atoms with van der Waals surface area (Å²) in [5.74, 6) is -1.19. The topological polar surface area (TPSA) is 96.3 Å². The van der Waals surface area contributed by atoms with Crippen LogP contribution in [-0.2, 0) is 19.7 Å². The van der Waals surface area contributed by atoms with Crippen LogP contribution in [0.25, 0.3) is 0 Å². The molecule has 2 aromatic rings. The molecule has 7 nitrogen and oxygen atoms in total. The average molecular weight is 381 g/mol. The van der Waals surface area contributed by atoms with E-state index in [1.54, 1.807) is 24.3 Å². The van der Waals surface area contributed by atoms with Crippen molar-refractivity contribution in [2.45, 2.75) is 4.90 Å². The lowest BCUT2D eigenvalue weighted by atomic mass is 10.0. The van der Waals surface area contributed by atoms with Crippen LogP contribution in [0.1, 0.15) is 11.1 Å². The normalized spacial score (nSPS) is 16.7. The molecule has 1 N–H and O–H groups in total. The maximum absolute atomic E-state index is 12.9. The lowest BCUT2D eigenvalue weighted by molar-refractivity contribution is -0.142. The van der Waals surface area contributed by atoms with E-state index in [4.69, 9.17) is 21.5 Å². The largest absolute Gasteiger partial charge is 0.479 e. The van der Waals surface area contributed by atoms with Gasteiger partial charge in [-0.05, 0) is 24.3 Å². The Balaban J connectivity index is 2.31. The molecule has 0 aliphatic carbocycles. The Hall–Kier alpha value is -2.58. The molecule has 0 atom stereocenters. The van der Waals surface area contributed by atoms with Crippen molar-refractivity contribution < 1.29 is 23.2 Å². The van der Waals surface area contributed by atoms with E-state index in [0.717, 1.165) is 4.31 Å². The van der Waals surface area contributed by atoms with Crippen molar-refractivity contribution in [1.29, 1.82) is 0 Å². The predicted octanol–water partition coefficient (Wildman–Crippen LogP) is 2.33. The summed E-state index contributed by atoms with van der Waals surface area (Å²) in [6.45, 7) is -0.642. The third-order valence-corrected chi connectivity index (χ3v) is 5.73. The zero-order valence-electron chi connectivity index (χ0n) is 13.0. The van der Waals surface area contributed by atoms with Crippen molar-refractivity contribution in [3.8, 4) is 0 Å². The van der Waals surface area contributed by atoms with Gasteiger partial charge < -0.3 is 9.94 Å². The third-order valence-electron chi connectivity index (χ3n) is 3.68. The Morgan fingerprint density at radius 2 is 1.96 bits per heavy atom. The van der Waals surface area contributed by atoms with E-state index >= 15 is 0 Å². The summed E-state index contributed by atoms with van der Waals surface area (Å²) in [6, 6.07) is 11.1. The van der Waals surface area contributed by atoms with Crippen molar-refractivity contribution in [3.05, 3.63) is 58.6 Å². The molecule has 0 amide bonds. The molecular weight excluding hydrogens is 368 g/mol. The van der Waals surface area contributed by atoms with E-state index in [-0.39, 0.29) is 21.2 Å². The molecule has 1 aliphatic heterocycles. The number of halogens is 1. The highest BCUT2D eigenvalue weighted by atomic mass is 35.5. The minimum Gasteiger partial charge on any atom is -0.479 e. The van der Waals surface area contributed by atoms with Crippen molar-refractivity contribution >= 4 is 39.0 Å². The number of carboxylic acid groups (broad SMARTS) is 1. The molecule has 0 bridgehead atoms. The lowest BCUT2D eigenvalue weighted by Gasteiger charge is -2.19. The Labute approximate surface area is 149 Å². The minimum absolute atomic E-state index is 0.0311. The standard InChI is InChI=1S/C16H13ClN2O5S/c1-19-13-5-3-2-4-11(13)16(18-24-9-15(20)21)12-7-6-10(17)8-14(12)25(19,22)23/h2-8H,9H2,1H3,(H,20,21)/b18-16+. The van der Waals surface area contributed by atoms with E-state index in [1.807, 2.05) is 0 Å². The van der Waals surface area contributed by atoms with Crippen LogP contribution in [-0.4, -0.2) is 38.9 Å². The number of aliphatic carboxylic acids is 1. The number of nitrogens with zero attached hydrogens (tertiary/aromatic N) is 2. The monoisotopic (exact) mass is 380 g/mol. The number of fused-ring (bicyclic) bond motifs is 2. The Morgan fingerprint density at radius 1 is 1.24 bits per heavy atom.